The second-order valence-corrected chi connectivity index (χ2v) is 39.0. The predicted octanol–water partition coefficient (Wildman–Crippen LogP) is 30.7. The molecule has 14 aromatic carbocycles. The first-order chi connectivity index (χ1) is 54.3. The highest BCUT2D eigenvalue weighted by atomic mass is 15.2. The van der Waals surface area contributed by atoms with Crippen molar-refractivity contribution in [3.05, 3.63) is 375 Å². The van der Waals surface area contributed by atoms with E-state index in [0.29, 0.717) is 0 Å². The summed E-state index contributed by atoms with van der Waals surface area (Å²) in [5.41, 5.74) is 39.5. The highest BCUT2D eigenvalue weighted by Crippen LogP contribution is 2.66. The van der Waals surface area contributed by atoms with Crippen molar-refractivity contribution in [2.45, 2.75) is 175 Å². The molecule has 566 valence electrons. The second kappa shape index (κ2) is 27.1. The Hall–Kier alpha value is -11.5. The topological polar surface area (TPSA) is 11.4 Å². The summed E-state index contributed by atoms with van der Waals surface area (Å²) in [6.45, 7) is 42.4. The maximum Gasteiger partial charge on any atom is 0.0618 e. The first-order valence-corrected chi connectivity index (χ1v) is 41.4. The smallest absolute Gasteiger partial charge is 0.0618 e. The molecule has 0 saturated carbocycles. The highest BCUT2D eigenvalue weighted by molar-refractivity contribution is 6.11. The summed E-state index contributed by atoms with van der Waals surface area (Å²) in [6, 6.07) is 117. The average molecular weight is 1480 g/mol. The van der Waals surface area contributed by atoms with Crippen LogP contribution in [0.3, 0.4) is 0 Å². The number of fused-ring (bicyclic) bond motifs is 9. The number of rotatable bonds is 9. The average Bonchev–Trinajstić information content (AvgIpc) is 0.700. The normalized spacial score (nSPS) is 14.4. The van der Waals surface area contributed by atoms with Crippen molar-refractivity contribution >= 4 is 55.9 Å². The zero-order valence-corrected chi connectivity index (χ0v) is 70.0. The molecule has 1 aromatic heterocycles. The van der Waals surface area contributed by atoms with Crippen LogP contribution in [0.15, 0.2) is 297 Å². The zero-order chi connectivity index (χ0) is 79.4. The summed E-state index contributed by atoms with van der Waals surface area (Å²) in [5, 5.41) is 2.46. The maximum absolute atomic E-state index is 2.81. The third-order valence-electron chi connectivity index (χ3n) is 25.1. The third kappa shape index (κ3) is 12.8. The summed E-state index contributed by atoms with van der Waals surface area (Å²) in [7, 11) is 0. The van der Waals surface area contributed by atoms with Crippen LogP contribution in [0.5, 0.6) is 0 Å². The van der Waals surface area contributed by atoms with Crippen molar-refractivity contribution in [1.29, 1.82) is 0 Å². The van der Waals surface area contributed by atoms with Gasteiger partial charge in [-0.05, 0) is 217 Å². The van der Waals surface area contributed by atoms with Gasteiger partial charge in [0.1, 0.15) is 0 Å². The van der Waals surface area contributed by atoms with E-state index in [2.05, 4.69) is 436 Å². The fourth-order valence-corrected chi connectivity index (χ4v) is 18.6. The van der Waals surface area contributed by atoms with Crippen LogP contribution in [-0.4, -0.2) is 4.57 Å². The van der Waals surface area contributed by atoms with Crippen LogP contribution in [0, 0.1) is 0 Å². The fraction of sp³-hybridized carbons (Fsp3) is 0.243. The first-order valence-electron chi connectivity index (χ1n) is 41.4. The minimum atomic E-state index is -0.279. The lowest BCUT2D eigenvalue weighted by atomic mass is 9.71. The monoisotopic (exact) mass is 1480 g/mol. The van der Waals surface area contributed by atoms with Crippen LogP contribution < -0.4 is 9.80 Å². The van der Waals surface area contributed by atoms with Crippen molar-refractivity contribution in [2.24, 2.45) is 0 Å². The molecule has 3 heteroatoms. The predicted molar refractivity (Wildman–Crippen MR) is 487 cm³/mol. The quantitative estimate of drug-likeness (QED) is 0.143. The number of anilines is 6. The van der Waals surface area contributed by atoms with Gasteiger partial charge in [0.25, 0.3) is 0 Å². The Bertz CT molecular complexity index is 6020. The molecule has 2 aliphatic heterocycles. The van der Waals surface area contributed by atoms with Gasteiger partial charge in [-0.1, -0.05) is 349 Å². The zero-order valence-electron chi connectivity index (χ0n) is 70.0. The number of hydrogen-bond acceptors (Lipinski definition) is 2. The molecule has 1 atom stereocenters. The van der Waals surface area contributed by atoms with E-state index in [9.17, 15) is 0 Å². The molecule has 0 N–H and O–H groups in total. The standard InChI is InChI=1S/C111H107N3/c1-106(2,3)78-49-40-70(41-50-78)90-64-82(110(13,14)15)65-91(71-42-51-79(52-43-71)107(4,5)6)104(90)113-97-59-48-74(69-30-20-19-21-31-69)61-94(97)102-89-58-57-84(112-95-38-28-26-36-87(95)88-37-27-29-39-96(88)112)68-98(89)114(100-63-77(62-99(113)103(100)102)101-85-34-24-22-32-75(85)60-76-33-23-25-35-86(76)101)105-92(72-44-53-80(54-45-72)108(7,8)9)66-83(111(16,17)18)67-93(105)73-46-55-81(56-47-73)109(10,11)12/h19-59,61-68,101-102H,60H2,1-18H3. The summed E-state index contributed by atoms with van der Waals surface area (Å²) in [5.74, 6) is -0.421. The van der Waals surface area contributed by atoms with Gasteiger partial charge in [0.15, 0.2) is 0 Å². The van der Waals surface area contributed by atoms with Crippen LogP contribution in [-0.2, 0) is 38.9 Å². The maximum atomic E-state index is 2.81. The molecule has 0 bridgehead atoms. The van der Waals surface area contributed by atoms with Gasteiger partial charge >= 0.3 is 0 Å². The lowest BCUT2D eigenvalue weighted by molar-refractivity contribution is 0.589. The molecule has 1 aliphatic carbocycles. The van der Waals surface area contributed by atoms with Gasteiger partial charge in [-0.25, -0.2) is 0 Å². The Balaban J connectivity index is 1.07. The van der Waals surface area contributed by atoms with Gasteiger partial charge in [-0.3, -0.25) is 0 Å². The van der Waals surface area contributed by atoms with Gasteiger partial charge in [-0.15, -0.1) is 0 Å². The van der Waals surface area contributed by atoms with E-state index in [0.717, 1.165) is 46.2 Å². The molecule has 114 heavy (non-hydrogen) atoms. The minimum absolute atomic E-state index is 0.0628. The lowest BCUT2D eigenvalue weighted by Gasteiger charge is -2.47. The van der Waals surface area contributed by atoms with Crippen molar-refractivity contribution < 1.29 is 0 Å². The van der Waals surface area contributed by atoms with Gasteiger partial charge < -0.3 is 14.4 Å². The van der Waals surface area contributed by atoms with E-state index < -0.39 is 0 Å². The molecule has 0 amide bonds. The Morgan fingerprint density at radius 3 is 1.01 bits per heavy atom. The van der Waals surface area contributed by atoms with E-state index in [4.69, 9.17) is 0 Å². The number of nitrogens with zero attached hydrogens (tertiary/aromatic N) is 3. The van der Waals surface area contributed by atoms with Gasteiger partial charge in [0, 0.05) is 56.1 Å². The van der Waals surface area contributed by atoms with Crippen LogP contribution in [0.1, 0.15) is 214 Å². The molecular formula is C111H107N3. The molecule has 3 heterocycles. The number of hydrogen-bond donors (Lipinski definition) is 0. The Morgan fingerprint density at radius 2 is 0.605 bits per heavy atom. The molecule has 0 radical (unpaired) electrons. The Labute approximate surface area is 677 Å². The Morgan fingerprint density at radius 1 is 0.246 bits per heavy atom. The SMILES string of the molecule is CC(C)(C)c1ccc(-c2cc(C(C)(C)C)cc(-c3ccc(C(C)(C)C)cc3)c2N2c3ccc(-c4ccccc4)cc3C3c4ccc(-n5c6ccccc6c6ccccc65)cc4N(c4c(-c5ccc(C(C)(C)C)cc5)cc(C(C)(C)C)cc4-c4ccc(C(C)(C)C)cc4)c4cc(C5c6ccccc6Cc6ccccc65)cc2c43)cc1. The highest BCUT2D eigenvalue weighted by Gasteiger charge is 2.46. The summed E-state index contributed by atoms with van der Waals surface area (Å²) in [6.07, 6.45) is 0.862. The molecule has 1 unspecified atom stereocenters. The molecule has 15 aromatic rings. The molecule has 0 fully saturated rings. The molecule has 0 saturated heterocycles. The number of aromatic nitrogens is 1. The third-order valence-corrected chi connectivity index (χ3v) is 25.1. The summed E-state index contributed by atoms with van der Waals surface area (Å²) in [4.78, 5) is 5.59. The lowest BCUT2D eigenvalue weighted by Crippen LogP contribution is -2.31. The molecule has 18 rings (SSSR count). The van der Waals surface area contributed by atoms with E-state index in [1.165, 1.54) is 155 Å². The van der Waals surface area contributed by atoms with E-state index in [1.807, 2.05) is 0 Å². The van der Waals surface area contributed by atoms with Gasteiger partial charge in [0.05, 0.1) is 45.2 Å². The summed E-state index contributed by atoms with van der Waals surface area (Å²) < 4.78 is 2.54. The van der Waals surface area contributed by atoms with Crippen LogP contribution in [0.2, 0.25) is 0 Å². The Kier molecular flexibility index (Phi) is 17.6. The second-order valence-electron chi connectivity index (χ2n) is 39.0. The molecule has 3 aliphatic rings. The number of para-hydroxylation sites is 2. The van der Waals surface area contributed by atoms with Crippen molar-refractivity contribution in [3.8, 4) is 61.3 Å². The minimum Gasteiger partial charge on any atom is -0.309 e. The molecular weight excluding hydrogens is 1380 g/mol. The van der Waals surface area contributed by atoms with Gasteiger partial charge in [0.2, 0.25) is 0 Å². The van der Waals surface area contributed by atoms with Gasteiger partial charge in [-0.2, -0.15) is 0 Å². The first kappa shape index (κ1) is 73.9. The van der Waals surface area contributed by atoms with Crippen LogP contribution in [0.4, 0.5) is 34.1 Å². The largest absolute Gasteiger partial charge is 0.309 e. The van der Waals surface area contributed by atoms with Crippen molar-refractivity contribution in [2.75, 3.05) is 9.80 Å². The molecule has 3 nitrogen and oxygen atoms in total. The molecule has 0 spiro atoms. The summed E-state index contributed by atoms with van der Waals surface area (Å²) >= 11 is 0. The fourth-order valence-electron chi connectivity index (χ4n) is 18.6. The van der Waals surface area contributed by atoms with E-state index >= 15 is 0 Å². The number of benzene rings is 14. The van der Waals surface area contributed by atoms with Crippen molar-refractivity contribution in [3.63, 3.8) is 0 Å². The van der Waals surface area contributed by atoms with E-state index in [-0.39, 0.29) is 44.3 Å². The van der Waals surface area contributed by atoms with Crippen LogP contribution in [0.25, 0.3) is 83.1 Å². The van der Waals surface area contributed by atoms with Crippen LogP contribution >= 0.6 is 0 Å². The van der Waals surface area contributed by atoms with E-state index in [1.54, 1.807) is 0 Å². The van der Waals surface area contributed by atoms with Crippen molar-refractivity contribution in [1.82, 2.24) is 4.57 Å².